The Bertz CT molecular complexity index is 1310. The average Bonchev–Trinajstić information content (AvgIpc) is 2.83. The van der Waals surface area contributed by atoms with Crippen molar-refractivity contribution in [2.24, 2.45) is 0 Å². The van der Waals surface area contributed by atoms with Crippen LogP contribution in [0.2, 0.25) is 5.02 Å². The third-order valence-corrected chi connectivity index (χ3v) is 6.76. The molecule has 2 aliphatic rings. The molecule has 1 aliphatic heterocycles. The first kappa shape index (κ1) is 26.5. The van der Waals surface area contributed by atoms with Crippen molar-refractivity contribution in [1.82, 2.24) is 5.32 Å². The number of benzene rings is 2. The number of carbonyl (C=O) groups excluding carboxylic acids is 3. The number of carbonyl (C=O) groups is 3. The standard InChI is InChI=1S/C29H30ClNO6/c1-15(2)36-29(34)26-16(3)31-22-12-20(18-6-9-21(30)10-7-18)13-23(33)28(22)27(26)19-8-11-24(37-17(4)32)25(14-19)35-5/h6-11,14-15,20,27,31H,12-13H2,1-5H3/t20-,27-/m0/s1. The second-order valence-electron chi connectivity index (χ2n) is 9.53. The quantitative estimate of drug-likeness (QED) is 0.390. The molecule has 7 nitrogen and oxygen atoms in total. The van der Waals surface area contributed by atoms with Crippen LogP contribution in [0.3, 0.4) is 0 Å². The molecule has 8 heteroatoms. The third kappa shape index (κ3) is 5.57. The SMILES string of the molecule is COc1cc([C@H]2C(C(=O)OC(C)C)=C(C)NC3=C2C(=O)C[C@@H](c2ccc(Cl)cc2)C3)ccc1OC(C)=O. The molecule has 0 saturated carbocycles. The Labute approximate surface area is 221 Å². The van der Waals surface area contributed by atoms with Gasteiger partial charge in [0.05, 0.1) is 18.8 Å². The smallest absolute Gasteiger partial charge is 0.337 e. The summed E-state index contributed by atoms with van der Waals surface area (Å²) in [5, 5.41) is 3.98. The lowest BCUT2D eigenvalue weighted by atomic mass is 9.71. The van der Waals surface area contributed by atoms with Gasteiger partial charge in [-0.1, -0.05) is 29.8 Å². The van der Waals surface area contributed by atoms with E-state index in [1.54, 1.807) is 32.0 Å². The highest BCUT2D eigenvalue weighted by atomic mass is 35.5. The molecular weight excluding hydrogens is 494 g/mol. The number of allylic oxidation sites excluding steroid dienone is 3. The minimum absolute atomic E-state index is 0.0190. The lowest BCUT2D eigenvalue weighted by Crippen LogP contribution is -2.36. The number of nitrogens with one attached hydrogen (secondary N) is 1. The van der Waals surface area contributed by atoms with Crippen molar-refractivity contribution in [2.75, 3.05) is 7.11 Å². The van der Waals surface area contributed by atoms with Gasteiger partial charge >= 0.3 is 11.9 Å². The molecule has 2 aromatic carbocycles. The molecule has 0 amide bonds. The summed E-state index contributed by atoms with van der Waals surface area (Å²) in [4.78, 5) is 38.6. The molecule has 0 fully saturated rings. The van der Waals surface area contributed by atoms with Crippen molar-refractivity contribution in [3.05, 3.63) is 81.2 Å². The maximum Gasteiger partial charge on any atom is 0.337 e. The first-order valence-corrected chi connectivity index (χ1v) is 12.5. The molecule has 4 rings (SSSR count). The summed E-state index contributed by atoms with van der Waals surface area (Å²) >= 11 is 6.06. The van der Waals surface area contributed by atoms with Crippen LogP contribution < -0.4 is 14.8 Å². The number of dihydropyridines is 1. The van der Waals surface area contributed by atoms with Crippen molar-refractivity contribution in [3.8, 4) is 11.5 Å². The fourth-order valence-electron chi connectivity index (χ4n) is 4.99. The first-order valence-electron chi connectivity index (χ1n) is 12.2. The Kier molecular flexibility index (Phi) is 7.73. The molecule has 0 saturated heterocycles. The maximum atomic E-state index is 13.7. The number of hydrogen-bond acceptors (Lipinski definition) is 7. The van der Waals surface area contributed by atoms with Crippen LogP contribution in [0.1, 0.15) is 63.5 Å². The summed E-state index contributed by atoms with van der Waals surface area (Å²) in [5.74, 6) is -1.13. The van der Waals surface area contributed by atoms with Gasteiger partial charge in [0.2, 0.25) is 0 Å². The fourth-order valence-corrected chi connectivity index (χ4v) is 5.12. The van der Waals surface area contributed by atoms with Crippen molar-refractivity contribution < 1.29 is 28.6 Å². The van der Waals surface area contributed by atoms with Gasteiger partial charge in [-0.25, -0.2) is 4.79 Å². The summed E-state index contributed by atoms with van der Waals surface area (Å²) in [6, 6.07) is 12.6. The minimum atomic E-state index is -0.665. The third-order valence-electron chi connectivity index (χ3n) is 6.51. The molecule has 2 aromatic rings. The second-order valence-corrected chi connectivity index (χ2v) is 9.96. The van der Waals surface area contributed by atoms with Gasteiger partial charge in [-0.05, 0) is 68.5 Å². The van der Waals surface area contributed by atoms with E-state index in [1.165, 1.54) is 14.0 Å². The molecule has 0 aromatic heterocycles. The number of esters is 2. The van der Waals surface area contributed by atoms with Crippen molar-refractivity contribution in [3.63, 3.8) is 0 Å². The highest BCUT2D eigenvalue weighted by molar-refractivity contribution is 6.30. The number of ketones is 1. The predicted molar refractivity (Wildman–Crippen MR) is 140 cm³/mol. The van der Waals surface area contributed by atoms with E-state index in [0.29, 0.717) is 46.0 Å². The number of halogens is 1. The number of rotatable bonds is 6. The molecule has 0 spiro atoms. The second kappa shape index (κ2) is 10.8. The first-order chi connectivity index (χ1) is 17.6. The molecule has 37 heavy (non-hydrogen) atoms. The summed E-state index contributed by atoms with van der Waals surface area (Å²) in [6.45, 7) is 6.68. The van der Waals surface area contributed by atoms with Gasteiger partial charge in [0, 0.05) is 41.3 Å². The molecule has 0 radical (unpaired) electrons. The minimum Gasteiger partial charge on any atom is -0.493 e. The van der Waals surface area contributed by atoms with E-state index in [2.05, 4.69) is 5.32 Å². The zero-order valence-corrected chi connectivity index (χ0v) is 22.3. The van der Waals surface area contributed by atoms with Gasteiger partial charge in [-0.3, -0.25) is 9.59 Å². The van der Waals surface area contributed by atoms with E-state index in [0.717, 1.165) is 11.3 Å². The van der Waals surface area contributed by atoms with E-state index in [1.807, 2.05) is 31.2 Å². The summed E-state index contributed by atoms with van der Waals surface area (Å²) in [6.07, 6.45) is 0.569. The van der Waals surface area contributed by atoms with Gasteiger partial charge < -0.3 is 19.5 Å². The van der Waals surface area contributed by atoms with Gasteiger partial charge in [0.15, 0.2) is 17.3 Å². The molecule has 0 bridgehead atoms. The average molecular weight is 524 g/mol. The van der Waals surface area contributed by atoms with E-state index >= 15 is 0 Å². The molecule has 1 heterocycles. The Hall–Kier alpha value is -3.58. The van der Waals surface area contributed by atoms with Crippen LogP contribution in [0.15, 0.2) is 65.0 Å². The van der Waals surface area contributed by atoms with Crippen LogP contribution in [-0.4, -0.2) is 30.9 Å². The van der Waals surface area contributed by atoms with Crippen LogP contribution in [-0.2, 0) is 19.1 Å². The van der Waals surface area contributed by atoms with Crippen LogP contribution in [0.4, 0.5) is 0 Å². The van der Waals surface area contributed by atoms with Crippen molar-refractivity contribution in [2.45, 2.75) is 58.5 Å². The Morgan fingerprint density at radius 1 is 1.03 bits per heavy atom. The van der Waals surface area contributed by atoms with E-state index in [4.69, 9.17) is 25.8 Å². The topological polar surface area (TPSA) is 90.9 Å². The fraction of sp³-hybridized carbons (Fsp3) is 0.345. The molecule has 2 atom stereocenters. The van der Waals surface area contributed by atoms with Gasteiger partial charge in [0.25, 0.3) is 0 Å². The van der Waals surface area contributed by atoms with E-state index in [-0.39, 0.29) is 23.6 Å². The van der Waals surface area contributed by atoms with Gasteiger partial charge in [0.1, 0.15) is 0 Å². The lowest BCUT2D eigenvalue weighted by Gasteiger charge is -2.37. The van der Waals surface area contributed by atoms with Crippen molar-refractivity contribution in [1.29, 1.82) is 0 Å². The summed E-state index contributed by atoms with van der Waals surface area (Å²) < 4.78 is 16.3. The van der Waals surface area contributed by atoms with Crippen LogP contribution >= 0.6 is 11.6 Å². The Balaban J connectivity index is 1.82. The Morgan fingerprint density at radius 3 is 2.32 bits per heavy atom. The molecule has 1 aliphatic carbocycles. The number of Topliss-reactive ketones (excluding diaryl/α,β-unsaturated/α-hetero) is 1. The van der Waals surface area contributed by atoms with Gasteiger partial charge in [-0.2, -0.15) is 0 Å². The Morgan fingerprint density at radius 2 is 1.70 bits per heavy atom. The molecule has 0 unspecified atom stereocenters. The molecular formula is C29H30ClNO6. The number of hydrogen-bond donors (Lipinski definition) is 1. The largest absolute Gasteiger partial charge is 0.493 e. The zero-order chi connectivity index (χ0) is 26.9. The van der Waals surface area contributed by atoms with E-state index in [9.17, 15) is 14.4 Å². The van der Waals surface area contributed by atoms with Crippen LogP contribution in [0.5, 0.6) is 11.5 Å². The number of methoxy groups -OCH3 is 1. The van der Waals surface area contributed by atoms with Crippen LogP contribution in [0.25, 0.3) is 0 Å². The maximum absolute atomic E-state index is 13.7. The normalized spacial score (nSPS) is 19.4. The van der Waals surface area contributed by atoms with E-state index < -0.39 is 17.9 Å². The highest BCUT2D eigenvalue weighted by Crippen LogP contribution is 2.47. The molecule has 1 N–H and O–H groups in total. The highest BCUT2D eigenvalue weighted by Gasteiger charge is 2.42. The number of ether oxygens (including phenoxy) is 3. The predicted octanol–water partition coefficient (Wildman–Crippen LogP) is 5.59. The van der Waals surface area contributed by atoms with Gasteiger partial charge in [-0.15, -0.1) is 0 Å². The summed E-state index contributed by atoms with van der Waals surface area (Å²) in [5.41, 5.74) is 4.00. The lowest BCUT2D eigenvalue weighted by molar-refractivity contribution is -0.143. The zero-order valence-electron chi connectivity index (χ0n) is 21.5. The summed E-state index contributed by atoms with van der Waals surface area (Å²) in [7, 11) is 1.47. The monoisotopic (exact) mass is 523 g/mol. The molecule has 194 valence electrons. The van der Waals surface area contributed by atoms with Crippen LogP contribution in [0, 0.1) is 0 Å². The van der Waals surface area contributed by atoms with Crippen molar-refractivity contribution >= 4 is 29.3 Å².